The van der Waals surface area contributed by atoms with E-state index >= 15 is 0 Å². The van der Waals surface area contributed by atoms with Crippen molar-refractivity contribution < 1.29 is 19.2 Å². The fraction of sp³-hybridized carbons (Fsp3) is 0.0714. The number of carbonyl (C=O) groups excluding carboxylic acids is 1. The number of rotatable bonds is 10. The zero-order valence-corrected chi connectivity index (χ0v) is 21.1. The number of nitro groups is 1. The van der Waals surface area contributed by atoms with E-state index in [2.05, 4.69) is 26.5 Å². The van der Waals surface area contributed by atoms with Crippen molar-refractivity contribution in [2.75, 3.05) is 0 Å². The number of amides is 1. The molecule has 0 atom stereocenters. The fourth-order valence-electron chi connectivity index (χ4n) is 3.33. The van der Waals surface area contributed by atoms with Crippen LogP contribution in [0.4, 0.5) is 5.69 Å². The first-order valence-electron chi connectivity index (χ1n) is 11.2. The van der Waals surface area contributed by atoms with Crippen molar-refractivity contribution >= 4 is 33.7 Å². The lowest BCUT2D eigenvalue weighted by Gasteiger charge is -2.10. The first-order valence-corrected chi connectivity index (χ1v) is 12.0. The molecule has 4 rings (SSSR count). The van der Waals surface area contributed by atoms with Gasteiger partial charge in [-0.2, -0.15) is 5.10 Å². The van der Waals surface area contributed by atoms with E-state index in [4.69, 9.17) is 9.47 Å². The van der Waals surface area contributed by atoms with E-state index in [1.807, 2.05) is 36.4 Å². The molecule has 9 heteroatoms. The summed E-state index contributed by atoms with van der Waals surface area (Å²) in [5, 5.41) is 14.8. The minimum atomic E-state index is -0.442. The highest BCUT2D eigenvalue weighted by Gasteiger charge is 2.12. The topological polar surface area (TPSA) is 103 Å². The molecule has 0 aliphatic heterocycles. The van der Waals surface area contributed by atoms with Gasteiger partial charge < -0.3 is 9.47 Å². The maximum absolute atomic E-state index is 12.7. The number of hydrogen-bond donors (Lipinski definition) is 1. The van der Waals surface area contributed by atoms with E-state index in [0.29, 0.717) is 28.1 Å². The smallest absolute Gasteiger partial charge is 0.275 e. The van der Waals surface area contributed by atoms with E-state index in [9.17, 15) is 14.9 Å². The van der Waals surface area contributed by atoms with Gasteiger partial charge in [-0.25, -0.2) is 5.43 Å². The molecule has 0 spiro atoms. The molecule has 1 N–H and O–H groups in total. The van der Waals surface area contributed by atoms with Crippen LogP contribution in [-0.4, -0.2) is 17.0 Å². The molecule has 37 heavy (non-hydrogen) atoms. The Morgan fingerprint density at radius 3 is 2.22 bits per heavy atom. The summed E-state index contributed by atoms with van der Waals surface area (Å²) in [6, 6.07) is 28.3. The highest BCUT2D eigenvalue weighted by molar-refractivity contribution is 9.10. The lowest BCUT2D eigenvalue weighted by Crippen LogP contribution is -2.18. The van der Waals surface area contributed by atoms with E-state index in [0.717, 1.165) is 16.7 Å². The standard InChI is InChI=1S/C28H22BrN3O5/c29-25-16-22(12-15-27(25)37-19-21-10-13-23(14-11-21)32(34)35)17-30-31-28(33)24-8-4-5-9-26(24)36-18-20-6-2-1-3-7-20/h1-17H,18-19H2,(H,31,33)/b30-17+. The Kier molecular flexibility index (Phi) is 8.62. The van der Waals surface area contributed by atoms with Crippen LogP contribution in [-0.2, 0) is 13.2 Å². The monoisotopic (exact) mass is 559 g/mol. The van der Waals surface area contributed by atoms with Crippen LogP contribution in [0.3, 0.4) is 0 Å². The van der Waals surface area contributed by atoms with Crippen molar-refractivity contribution in [1.29, 1.82) is 0 Å². The Morgan fingerprint density at radius 2 is 1.51 bits per heavy atom. The lowest BCUT2D eigenvalue weighted by molar-refractivity contribution is -0.384. The highest BCUT2D eigenvalue weighted by atomic mass is 79.9. The van der Waals surface area contributed by atoms with Gasteiger partial charge in [-0.1, -0.05) is 42.5 Å². The van der Waals surface area contributed by atoms with Crippen molar-refractivity contribution in [2.45, 2.75) is 13.2 Å². The Bertz CT molecular complexity index is 1410. The summed E-state index contributed by atoms with van der Waals surface area (Å²) in [5.74, 6) is 0.683. The van der Waals surface area contributed by atoms with Crippen LogP contribution in [0.15, 0.2) is 107 Å². The Hall–Kier alpha value is -4.50. The number of nitrogens with zero attached hydrogens (tertiary/aromatic N) is 2. The van der Waals surface area contributed by atoms with Crippen LogP contribution in [0.25, 0.3) is 0 Å². The predicted molar refractivity (Wildman–Crippen MR) is 144 cm³/mol. The van der Waals surface area contributed by atoms with Crippen molar-refractivity contribution in [3.05, 3.63) is 134 Å². The molecule has 0 radical (unpaired) electrons. The van der Waals surface area contributed by atoms with E-state index in [-0.39, 0.29) is 18.2 Å². The molecule has 0 bridgehead atoms. The van der Waals surface area contributed by atoms with Crippen LogP contribution in [0, 0.1) is 10.1 Å². The van der Waals surface area contributed by atoms with Gasteiger partial charge in [0.25, 0.3) is 11.6 Å². The maximum Gasteiger partial charge on any atom is 0.275 e. The number of ether oxygens (including phenoxy) is 2. The summed E-state index contributed by atoms with van der Waals surface area (Å²) in [6.45, 7) is 0.604. The first kappa shape index (κ1) is 25.6. The van der Waals surface area contributed by atoms with Gasteiger partial charge in [0.05, 0.1) is 21.2 Å². The van der Waals surface area contributed by atoms with E-state index < -0.39 is 4.92 Å². The molecule has 8 nitrogen and oxygen atoms in total. The van der Waals surface area contributed by atoms with Crippen molar-refractivity contribution in [2.24, 2.45) is 5.10 Å². The highest BCUT2D eigenvalue weighted by Crippen LogP contribution is 2.27. The second-order valence-corrected chi connectivity index (χ2v) is 8.73. The van der Waals surface area contributed by atoms with Crippen LogP contribution in [0.2, 0.25) is 0 Å². The second-order valence-electron chi connectivity index (χ2n) is 7.87. The molecule has 0 saturated heterocycles. The van der Waals surface area contributed by atoms with Gasteiger partial charge in [-0.3, -0.25) is 14.9 Å². The van der Waals surface area contributed by atoms with Gasteiger partial charge in [-0.15, -0.1) is 0 Å². The molecule has 4 aromatic carbocycles. The molecule has 186 valence electrons. The van der Waals surface area contributed by atoms with Gasteiger partial charge in [0.2, 0.25) is 0 Å². The molecule has 0 aliphatic rings. The summed E-state index contributed by atoms with van der Waals surface area (Å²) >= 11 is 3.48. The zero-order valence-electron chi connectivity index (χ0n) is 19.5. The first-order chi connectivity index (χ1) is 18.0. The Morgan fingerprint density at radius 1 is 0.865 bits per heavy atom. The Balaban J connectivity index is 1.33. The van der Waals surface area contributed by atoms with E-state index in [1.54, 1.807) is 48.5 Å². The molecule has 0 aromatic heterocycles. The van der Waals surface area contributed by atoms with Gasteiger partial charge in [0.1, 0.15) is 24.7 Å². The summed E-state index contributed by atoms with van der Waals surface area (Å²) in [4.78, 5) is 23.0. The molecule has 0 saturated carbocycles. The molecule has 0 heterocycles. The van der Waals surface area contributed by atoms with Crippen LogP contribution < -0.4 is 14.9 Å². The van der Waals surface area contributed by atoms with E-state index in [1.165, 1.54) is 18.3 Å². The van der Waals surface area contributed by atoms with Gasteiger partial charge in [-0.05, 0) is 75.1 Å². The number of non-ortho nitro benzene ring substituents is 1. The lowest BCUT2D eigenvalue weighted by atomic mass is 10.2. The summed E-state index contributed by atoms with van der Waals surface area (Å²) in [5.41, 5.74) is 5.49. The third-order valence-corrected chi connectivity index (χ3v) is 5.87. The number of para-hydroxylation sites is 1. The SMILES string of the molecule is O=C(N/N=C/c1ccc(OCc2ccc([N+](=O)[O-])cc2)c(Br)c1)c1ccccc1OCc1ccccc1. The number of hydrogen-bond acceptors (Lipinski definition) is 6. The zero-order chi connectivity index (χ0) is 26.0. The summed E-state index contributed by atoms with van der Waals surface area (Å²) in [7, 11) is 0. The maximum atomic E-state index is 12.7. The molecule has 0 fully saturated rings. The average Bonchev–Trinajstić information content (AvgIpc) is 2.92. The number of hydrazone groups is 1. The van der Waals surface area contributed by atoms with Crippen molar-refractivity contribution in [3.8, 4) is 11.5 Å². The van der Waals surface area contributed by atoms with Gasteiger partial charge in [0, 0.05) is 12.1 Å². The second kappa shape index (κ2) is 12.5. The molecule has 1 amide bonds. The van der Waals surface area contributed by atoms with Crippen LogP contribution in [0.5, 0.6) is 11.5 Å². The molecule has 0 aliphatic carbocycles. The number of benzene rings is 4. The van der Waals surface area contributed by atoms with Gasteiger partial charge in [0.15, 0.2) is 0 Å². The third-order valence-electron chi connectivity index (χ3n) is 5.25. The fourth-order valence-corrected chi connectivity index (χ4v) is 3.84. The number of halogens is 1. The van der Waals surface area contributed by atoms with Crippen molar-refractivity contribution in [3.63, 3.8) is 0 Å². The summed E-state index contributed by atoms with van der Waals surface area (Å²) in [6.07, 6.45) is 1.52. The number of carbonyl (C=O) groups is 1. The molecular formula is C28H22BrN3O5. The largest absolute Gasteiger partial charge is 0.488 e. The van der Waals surface area contributed by atoms with Crippen LogP contribution >= 0.6 is 15.9 Å². The van der Waals surface area contributed by atoms with Crippen LogP contribution in [0.1, 0.15) is 27.0 Å². The predicted octanol–water partition coefficient (Wildman–Crippen LogP) is 6.28. The third kappa shape index (κ3) is 7.25. The quantitative estimate of drug-likeness (QED) is 0.140. The minimum absolute atomic E-state index is 0.0314. The van der Waals surface area contributed by atoms with Gasteiger partial charge >= 0.3 is 0 Å². The molecular weight excluding hydrogens is 538 g/mol. The molecule has 4 aromatic rings. The number of nitro benzene ring substituents is 1. The number of nitrogens with one attached hydrogen (secondary N) is 1. The molecule has 0 unspecified atom stereocenters. The Labute approximate surface area is 221 Å². The normalized spacial score (nSPS) is 10.7. The average molecular weight is 560 g/mol. The van der Waals surface area contributed by atoms with Crippen molar-refractivity contribution in [1.82, 2.24) is 5.43 Å². The minimum Gasteiger partial charge on any atom is -0.488 e. The summed E-state index contributed by atoms with van der Waals surface area (Å²) < 4.78 is 12.3.